The Morgan fingerprint density at radius 3 is 2.93 bits per heavy atom. The van der Waals surface area contributed by atoms with Gasteiger partial charge in [-0.25, -0.2) is 4.98 Å². The first-order chi connectivity index (χ1) is 13.3. The number of guanidine groups is 1. The summed E-state index contributed by atoms with van der Waals surface area (Å²) in [5.74, 6) is 1.39. The SMILES string of the molecule is CN=C(NCc1ccnc(OC)c1)NCC(c1cccs1)N1CCOCC1. The Morgan fingerprint density at radius 1 is 1.37 bits per heavy atom. The molecule has 1 atom stereocenters. The first kappa shape index (κ1) is 19.6. The lowest BCUT2D eigenvalue weighted by Crippen LogP contribution is -2.46. The van der Waals surface area contributed by atoms with Crippen molar-refractivity contribution in [2.75, 3.05) is 47.0 Å². The van der Waals surface area contributed by atoms with Gasteiger partial charge in [0.25, 0.3) is 0 Å². The normalized spacial score (nSPS) is 16.7. The van der Waals surface area contributed by atoms with Gasteiger partial charge in [0.15, 0.2) is 5.96 Å². The van der Waals surface area contributed by atoms with Gasteiger partial charge < -0.3 is 20.1 Å². The number of nitrogens with one attached hydrogen (secondary N) is 2. The number of ether oxygens (including phenoxy) is 2. The Labute approximate surface area is 164 Å². The highest BCUT2D eigenvalue weighted by molar-refractivity contribution is 7.10. The van der Waals surface area contributed by atoms with Crippen LogP contribution < -0.4 is 15.4 Å². The number of aromatic nitrogens is 1. The summed E-state index contributed by atoms with van der Waals surface area (Å²) in [7, 11) is 3.41. The molecule has 3 rings (SSSR count). The van der Waals surface area contributed by atoms with Crippen molar-refractivity contribution in [3.8, 4) is 5.88 Å². The van der Waals surface area contributed by atoms with Crippen LogP contribution in [0.25, 0.3) is 0 Å². The van der Waals surface area contributed by atoms with Crippen LogP contribution in [-0.4, -0.2) is 62.8 Å². The zero-order chi connectivity index (χ0) is 18.9. The fourth-order valence-electron chi connectivity index (χ4n) is 3.05. The number of aliphatic imine (C=N–C) groups is 1. The summed E-state index contributed by atoms with van der Waals surface area (Å²) >= 11 is 1.79. The highest BCUT2D eigenvalue weighted by Gasteiger charge is 2.23. The maximum atomic E-state index is 5.51. The number of morpholine rings is 1. The first-order valence-electron chi connectivity index (χ1n) is 9.09. The molecule has 2 aromatic heterocycles. The topological polar surface area (TPSA) is 71.0 Å². The summed E-state index contributed by atoms with van der Waals surface area (Å²) in [5, 5.41) is 8.96. The lowest BCUT2D eigenvalue weighted by atomic mass is 10.2. The van der Waals surface area contributed by atoms with Gasteiger partial charge in [0.1, 0.15) is 0 Å². The lowest BCUT2D eigenvalue weighted by Gasteiger charge is -2.34. The van der Waals surface area contributed by atoms with Crippen LogP contribution in [0.4, 0.5) is 0 Å². The maximum Gasteiger partial charge on any atom is 0.213 e. The third-order valence-electron chi connectivity index (χ3n) is 4.51. The van der Waals surface area contributed by atoms with E-state index in [1.807, 2.05) is 12.1 Å². The van der Waals surface area contributed by atoms with E-state index >= 15 is 0 Å². The molecule has 1 saturated heterocycles. The molecule has 0 spiro atoms. The third kappa shape index (κ3) is 5.66. The van der Waals surface area contributed by atoms with Crippen molar-refractivity contribution in [3.63, 3.8) is 0 Å². The van der Waals surface area contributed by atoms with Crippen LogP contribution in [0.3, 0.4) is 0 Å². The average Bonchev–Trinajstić information content (AvgIpc) is 3.26. The van der Waals surface area contributed by atoms with Crippen molar-refractivity contribution in [2.45, 2.75) is 12.6 Å². The van der Waals surface area contributed by atoms with Gasteiger partial charge >= 0.3 is 0 Å². The van der Waals surface area contributed by atoms with Crippen LogP contribution in [0.5, 0.6) is 5.88 Å². The number of hydrogen-bond acceptors (Lipinski definition) is 6. The molecule has 7 nitrogen and oxygen atoms in total. The van der Waals surface area contributed by atoms with E-state index in [0.717, 1.165) is 44.4 Å². The molecule has 1 unspecified atom stereocenters. The number of nitrogens with zero attached hydrogens (tertiary/aromatic N) is 3. The van der Waals surface area contributed by atoms with Crippen LogP contribution in [-0.2, 0) is 11.3 Å². The highest BCUT2D eigenvalue weighted by Crippen LogP contribution is 2.25. The van der Waals surface area contributed by atoms with Crippen molar-refractivity contribution in [1.82, 2.24) is 20.5 Å². The highest BCUT2D eigenvalue weighted by atomic mass is 32.1. The van der Waals surface area contributed by atoms with Crippen molar-refractivity contribution < 1.29 is 9.47 Å². The van der Waals surface area contributed by atoms with Crippen LogP contribution in [0.2, 0.25) is 0 Å². The minimum absolute atomic E-state index is 0.313. The zero-order valence-corrected chi connectivity index (χ0v) is 16.7. The van der Waals surface area contributed by atoms with E-state index in [0.29, 0.717) is 18.5 Å². The predicted molar refractivity (Wildman–Crippen MR) is 108 cm³/mol. The van der Waals surface area contributed by atoms with Gasteiger partial charge in [0, 0.05) is 50.4 Å². The van der Waals surface area contributed by atoms with Gasteiger partial charge in [0.2, 0.25) is 5.88 Å². The van der Waals surface area contributed by atoms with E-state index in [2.05, 4.69) is 43.0 Å². The van der Waals surface area contributed by atoms with E-state index in [1.54, 1.807) is 31.7 Å². The molecule has 0 bridgehead atoms. The van der Waals surface area contributed by atoms with Crippen LogP contribution in [0.1, 0.15) is 16.5 Å². The standard InChI is InChI=1S/C19H27N5O2S/c1-20-19(22-13-15-5-6-21-18(12-15)25-2)23-14-16(17-4-3-11-27-17)24-7-9-26-10-8-24/h3-6,11-12,16H,7-10,13-14H2,1-2H3,(H2,20,22,23). The van der Waals surface area contributed by atoms with Gasteiger partial charge in [0.05, 0.1) is 26.4 Å². The summed E-state index contributed by atoms with van der Waals surface area (Å²) in [4.78, 5) is 12.3. The molecule has 2 aromatic rings. The zero-order valence-electron chi connectivity index (χ0n) is 15.9. The van der Waals surface area contributed by atoms with Crippen molar-refractivity contribution in [3.05, 3.63) is 46.3 Å². The number of rotatable bonds is 7. The van der Waals surface area contributed by atoms with Gasteiger partial charge in [-0.2, -0.15) is 0 Å². The fraction of sp³-hybridized carbons (Fsp3) is 0.474. The Morgan fingerprint density at radius 2 is 2.22 bits per heavy atom. The third-order valence-corrected chi connectivity index (χ3v) is 5.49. The second kappa shape index (κ2) is 10.2. The summed E-state index contributed by atoms with van der Waals surface area (Å²) in [6.45, 7) is 4.93. The van der Waals surface area contributed by atoms with Crippen molar-refractivity contribution >= 4 is 17.3 Å². The second-order valence-electron chi connectivity index (χ2n) is 6.19. The molecule has 146 valence electrons. The Kier molecular flexibility index (Phi) is 7.44. The summed E-state index contributed by atoms with van der Waals surface area (Å²) in [5.41, 5.74) is 1.09. The van der Waals surface area contributed by atoms with E-state index in [-0.39, 0.29) is 0 Å². The van der Waals surface area contributed by atoms with Gasteiger partial charge in [-0.1, -0.05) is 6.07 Å². The predicted octanol–water partition coefficient (Wildman–Crippen LogP) is 1.89. The molecule has 1 aliphatic rings. The molecule has 0 saturated carbocycles. The van der Waals surface area contributed by atoms with E-state index < -0.39 is 0 Å². The fourth-order valence-corrected chi connectivity index (χ4v) is 3.91. The molecule has 2 N–H and O–H groups in total. The summed E-state index contributed by atoms with van der Waals surface area (Å²) < 4.78 is 10.7. The number of thiophene rings is 1. The molecular weight excluding hydrogens is 362 g/mol. The largest absolute Gasteiger partial charge is 0.481 e. The monoisotopic (exact) mass is 389 g/mol. The molecule has 0 amide bonds. The molecule has 0 aromatic carbocycles. The average molecular weight is 390 g/mol. The van der Waals surface area contributed by atoms with Gasteiger partial charge in [-0.3, -0.25) is 9.89 Å². The Hall–Kier alpha value is -2.16. The van der Waals surface area contributed by atoms with Crippen molar-refractivity contribution in [1.29, 1.82) is 0 Å². The van der Waals surface area contributed by atoms with Crippen LogP contribution >= 0.6 is 11.3 Å². The van der Waals surface area contributed by atoms with Gasteiger partial charge in [-0.15, -0.1) is 11.3 Å². The minimum Gasteiger partial charge on any atom is -0.481 e. The van der Waals surface area contributed by atoms with E-state index in [1.165, 1.54) is 4.88 Å². The maximum absolute atomic E-state index is 5.51. The lowest BCUT2D eigenvalue weighted by molar-refractivity contribution is 0.0177. The number of methoxy groups -OCH3 is 1. The molecule has 27 heavy (non-hydrogen) atoms. The number of hydrogen-bond donors (Lipinski definition) is 2. The van der Waals surface area contributed by atoms with Crippen LogP contribution in [0.15, 0.2) is 40.8 Å². The molecule has 3 heterocycles. The quantitative estimate of drug-likeness (QED) is 0.557. The molecule has 1 fully saturated rings. The van der Waals surface area contributed by atoms with Crippen LogP contribution in [0, 0.1) is 0 Å². The first-order valence-corrected chi connectivity index (χ1v) is 9.96. The second-order valence-corrected chi connectivity index (χ2v) is 7.17. The van der Waals surface area contributed by atoms with Crippen molar-refractivity contribution in [2.24, 2.45) is 4.99 Å². The molecule has 1 aliphatic heterocycles. The van der Waals surface area contributed by atoms with Gasteiger partial charge in [-0.05, 0) is 23.1 Å². The summed E-state index contributed by atoms with van der Waals surface area (Å²) in [6.07, 6.45) is 1.75. The minimum atomic E-state index is 0.313. The smallest absolute Gasteiger partial charge is 0.213 e. The summed E-state index contributed by atoms with van der Waals surface area (Å²) in [6, 6.07) is 8.50. The Bertz CT molecular complexity index is 717. The van der Waals surface area contributed by atoms with E-state index in [9.17, 15) is 0 Å². The Balaban J connectivity index is 1.57. The molecule has 0 radical (unpaired) electrons. The molecule has 8 heteroatoms. The molecular formula is C19H27N5O2S. The number of pyridine rings is 1. The van der Waals surface area contributed by atoms with E-state index in [4.69, 9.17) is 9.47 Å². The molecule has 0 aliphatic carbocycles.